The van der Waals surface area contributed by atoms with Gasteiger partial charge in [-0.05, 0) is 93.5 Å². The number of carbonyl (C=O) groups is 1. The zero-order valence-electron chi connectivity index (χ0n) is 31.5. The number of alkyl halides is 3. The average Bonchev–Trinajstić information content (AvgIpc) is 3.52. The predicted octanol–water partition coefficient (Wildman–Crippen LogP) is 6.38. The van der Waals surface area contributed by atoms with Crippen molar-refractivity contribution in [1.82, 2.24) is 23.9 Å². The molecule has 0 aliphatic carbocycles. The maximum absolute atomic E-state index is 14.6. The number of anilines is 1. The van der Waals surface area contributed by atoms with Crippen molar-refractivity contribution in [2.75, 3.05) is 31.7 Å². The molecule has 1 aromatic carbocycles. The van der Waals surface area contributed by atoms with Crippen LogP contribution >= 0.6 is 13.5 Å². The largest absolute Gasteiger partial charge is 0.481 e. The number of carboxylic acid groups (broad SMARTS) is 1. The van der Waals surface area contributed by atoms with Crippen molar-refractivity contribution in [2.24, 2.45) is 5.41 Å². The molecule has 1 fully saturated rings. The number of rotatable bonds is 10. The molecule has 0 amide bonds. The molecular weight excluding hydrogens is 774 g/mol. The average molecular weight is 825 g/mol. The van der Waals surface area contributed by atoms with E-state index in [1.54, 1.807) is 52.0 Å². The zero-order chi connectivity index (χ0) is 39.4. The Kier molecular flexibility index (Phi) is 13.2. The second-order valence-corrected chi connectivity index (χ2v) is 16.8. The number of aromatic nitrogens is 4. The predicted molar refractivity (Wildman–Crippen MR) is 209 cm³/mol. The summed E-state index contributed by atoms with van der Waals surface area (Å²) in [5, 5.41) is 30.3. The summed E-state index contributed by atoms with van der Waals surface area (Å²) in [5.41, 5.74) is 0.748. The number of fused-ring (bicyclic) bond motifs is 2. The van der Waals surface area contributed by atoms with Crippen LogP contribution in [-0.4, -0.2) is 86.5 Å². The van der Waals surface area contributed by atoms with Crippen molar-refractivity contribution in [2.45, 2.75) is 103 Å². The van der Waals surface area contributed by atoms with Crippen LogP contribution in [0.15, 0.2) is 41.4 Å². The first-order valence-corrected chi connectivity index (χ1v) is 19.1. The molecule has 2 aliphatic rings. The van der Waals surface area contributed by atoms with Gasteiger partial charge in [-0.3, -0.25) is 9.20 Å². The number of hydrogen-bond donors (Lipinski definition) is 3. The number of nitrogens with one attached hydrogen (secondary N) is 1. The number of benzene rings is 1. The first kappa shape index (κ1) is 44.7. The topological polar surface area (TPSA) is 168 Å². The number of halogens is 3. The highest BCUT2D eigenvalue weighted by Crippen LogP contribution is 2.45. The van der Waals surface area contributed by atoms with Crippen molar-refractivity contribution in [1.29, 1.82) is 0 Å². The van der Waals surface area contributed by atoms with E-state index in [9.17, 15) is 36.6 Å². The van der Waals surface area contributed by atoms with E-state index in [4.69, 9.17) is 9.47 Å². The molecule has 56 heavy (non-hydrogen) atoms. The number of aryl methyl sites for hydroxylation is 3. The second-order valence-electron chi connectivity index (χ2n) is 14.9. The molecule has 5 heterocycles. The fourth-order valence-corrected chi connectivity index (χ4v) is 8.97. The minimum atomic E-state index is -4.76. The molecule has 0 radical (unpaired) electrons. The molecule has 1 spiro atoms. The lowest BCUT2D eigenvalue weighted by Crippen LogP contribution is -2.50. The third-order valence-electron chi connectivity index (χ3n) is 10.6. The van der Waals surface area contributed by atoms with Gasteiger partial charge < -0.3 is 25.0 Å². The van der Waals surface area contributed by atoms with Crippen molar-refractivity contribution < 1.29 is 46.1 Å². The molecule has 18 heteroatoms. The van der Waals surface area contributed by atoms with E-state index in [0.717, 1.165) is 9.96 Å². The van der Waals surface area contributed by atoms with Gasteiger partial charge in [0.05, 0.1) is 25.2 Å². The summed E-state index contributed by atoms with van der Waals surface area (Å²) in [7, 11) is -4.22. The number of hydrogen-bond acceptors (Lipinski definition) is 10. The van der Waals surface area contributed by atoms with E-state index in [0.29, 0.717) is 66.1 Å². The van der Waals surface area contributed by atoms with Gasteiger partial charge in [0.25, 0.3) is 0 Å². The molecule has 0 unspecified atom stereocenters. The van der Waals surface area contributed by atoms with Gasteiger partial charge in [0.15, 0.2) is 5.65 Å². The molecule has 6 rings (SSSR count). The van der Waals surface area contributed by atoms with Crippen LogP contribution in [0.2, 0.25) is 0 Å². The van der Waals surface area contributed by atoms with E-state index in [-0.39, 0.29) is 63.1 Å². The summed E-state index contributed by atoms with van der Waals surface area (Å²) in [6.07, 6.45) is -2.28. The molecule has 0 saturated carbocycles. The van der Waals surface area contributed by atoms with Crippen LogP contribution in [-0.2, 0) is 32.3 Å². The van der Waals surface area contributed by atoms with E-state index < -0.39 is 44.9 Å². The van der Waals surface area contributed by atoms with E-state index in [1.165, 1.54) is 16.6 Å². The molecule has 4 aromatic rings. The number of nitrogens with zero attached hydrogens (tertiary/aromatic N) is 5. The fourth-order valence-electron chi connectivity index (χ4n) is 7.35. The smallest absolute Gasteiger partial charge is 0.452 e. The first-order valence-electron chi connectivity index (χ1n) is 17.7. The number of ether oxygens (including phenoxy) is 2. The molecule has 2 atom stereocenters. The van der Waals surface area contributed by atoms with Gasteiger partial charge in [-0.2, -0.15) is 36.0 Å². The lowest BCUT2D eigenvalue weighted by atomic mass is 9.70. The normalized spacial score (nSPS) is 17.8. The zero-order valence-corrected chi connectivity index (χ0v) is 33.3. The summed E-state index contributed by atoms with van der Waals surface area (Å²) in [6, 6.07) is 8.19. The monoisotopic (exact) mass is 824 g/mol. The highest BCUT2D eigenvalue weighted by Gasteiger charge is 2.47. The maximum Gasteiger partial charge on any atom is 0.452 e. The molecule has 2 aliphatic heterocycles. The molecule has 3 aromatic heterocycles. The highest BCUT2D eigenvalue weighted by atomic mass is 32.2. The fraction of sp³-hybridized carbons (Fsp3) is 0.526. The Hall–Kier alpha value is -3.97. The number of aliphatic hydroxyl groups is 1. The molecule has 1 saturated heterocycles. The van der Waals surface area contributed by atoms with Crippen LogP contribution in [0.1, 0.15) is 92.6 Å². The third kappa shape index (κ3) is 8.35. The van der Waals surface area contributed by atoms with Crippen molar-refractivity contribution >= 4 is 41.0 Å². The molecule has 3 N–H and O–H groups in total. The van der Waals surface area contributed by atoms with Crippen LogP contribution in [0.25, 0.3) is 5.65 Å². The van der Waals surface area contributed by atoms with Crippen molar-refractivity contribution in [3.8, 4) is 5.88 Å². The van der Waals surface area contributed by atoms with Gasteiger partial charge in [-0.1, -0.05) is 25.6 Å². The Morgan fingerprint density at radius 2 is 1.75 bits per heavy atom. The van der Waals surface area contributed by atoms with Crippen molar-refractivity contribution in [3.63, 3.8) is 0 Å². The van der Waals surface area contributed by atoms with Crippen LogP contribution in [0, 0.1) is 26.2 Å². The van der Waals surface area contributed by atoms with Crippen LogP contribution in [0.3, 0.4) is 0 Å². The summed E-state index contributed by atoms with van der Waals surface area (Å²) in [6.45, 7) is 10.7. The van der Waals surface area contributed by atoms with E-state index in [1.807, 2.05) is 13.8 Å². The Bertz CT molecular complexity index is 2190. The first-order chi connectivity index (χ1) is 25.3. The van der Waals surface area contributed by atoms with Gasteiger partial charge in [0, 0.05) is 44.1 Å². The third-order valence-corrected chi connectivity index (χ3v) is 12.4. The Morgan fingerprint density at radius 3 is 2.38 bits per heavy atom. The van der Waals surface area contributed by atoms with E-state index >= 15 is 0 Å². The van der Waals surface area contributed by atoms with Gasteiger partial charge in [-0.25, -0.2) is 8.42 Å². The van der Waals surface area contributed by atoms with Gasteiger partial charge >= 0.3 is 12.1 Å². The van der Waals surface area contributed by atoms with Gasteiger partial charge in [0.2, 0.25) is 21.7 Å². The second kappa shape index (κ2) is 16.5. The van der Waals surface area contributed by atoms with Gasteiger partial charge in [0.1, 0.15) is 16.3 Å². The van der Waals surface area contributed by atoms with Crippen LogP contribution in [0.4, 0.5) is 19.0 Å². The lowest BCUT2D eigenvalue weighted by molar-refractivity contribution is -0.147. The number of carboxylic acids is 1. The number of pyridine rings is 2. The molecule has 13 nitrogen and oxygen atoms in total. The Labute approximate surface area is 332 Å². The number of aliphatic hydroxyl groups excluding tert-OH is 1. The quantitative estimate of drug-likeness (QED) is 0.162. The summed E-state index contributed by atoms with van der Waals surface area (Å²) in [4.78, 5) is 17.4. The number of sulfonamides is 1. The summed E-state index contributed by atoms with van der Waals surface area (Å²) >= 11 is 0. The minimum Gasteiger partial charge on any atom is -0.481 e. The standard InChI is InChI=1S/C37H45F3N6O7S.CH4.H2S/c1-21-7-8-25(29(35(5,6)34(48)49)27-9-13-46-31(24(27)4)43-44-33(46)37(38,39)40)18-26(21)19-45-20-36(11-15-52-16-12-36)53-32-28(54(45,50)51)17-22(2)30(42-32)41-23(3)10-14-47;;/h7-9,13,17-18,23,29,47H,10-12,14-16,19-20H2,1-6H3,(H,41,42)(H,48,49);1H4;1H2/t23-,29+;;/m0../s1. The van der Waals surface area contributed by atoms with Crippen LogP contribution in [0.5, 0.6) is 5.88 Å². The van der Waals surface area contributed by atoms with E-state index in [2.05, 4.69) is 20.5 Å². The maximum atomic E-state index is 14.6. The lowest BCUT2D eigenvalue weighted by Gasteiger charge is -2.38. The van der Waals surface area contributed by atoms with Crippen molar-refractivity contribution in [3.05, 3.63) is 75.7 Å². The Balaban J connectivity index is 0.00000348. The van der Waals surface area contributed by atoms with Crippen LogP contribution < -0.4 is 10.1 Å². The summed E-state index contributed by atoms with van der Waals surface area (Å²) in [5.74, 6) is -2.79. The Morgan fingerprint density at radius 1 is 1.07 bits per heavy atom. The highest BCUT2D eigenvalue weighted by molar-refractivity contribution is 7.89. The molecule has 0 bridgehead atoms. The SMILES string of the molecule is C.Cc1ccc([C@H](c2ccn3c(C(F)(F)F)nnc3c2C)C(C)(C)C(=O)O)cc1CN1CC2(CCOCC2)Oc2nc(N[C@@H](C)CCO)c(C)cc2S1(=O)=O.S. The summed E-state index contributed by atoms with van der Waals surface area (Å²) < 4.78 is 84.8. The minimum absolute atomic E-state index is 0. The molecule has 308 valence electrons. The molecular formula is C38H51F3N6O7S2. The number of aliphatic carboxylic acids is 1. The van der Waals surface area contributed by atoms with Gasteiger partial charge in [-0.15, -0.1) is 10.2 Å².